The molecule has 1 unspecified atom stereocenters. The number of aliphatic hydroxyl groups excluding tert-OH is 1. The number of nitrogens with zero attached hydrogens (tertiary/aromatic N) is 3. The van der Waals surface area contributed by atoms with E-state index in [-0.39, 0.29) is 17.5 Å². The lowest BCUT2D eigenvalue weighted by molar-refractivity contribution is 0.0701. The number of carboxylic acid groups (broad SMARTS) is 1. The van der Waals surface area contributed by atoms with Crippen LogP contribution in [0.3, 0.4) is 0 Å². The molecule has 19 heavy (non-hydrogen) atoms. The van der Waals surface area contributed by atoms with E-state index in [1.807, 2.05) is 18.9 Å². The predicted octanol–water partition coefficient (Wildman–Crippen LogP) is 1.51. The fourth-order valence-electron chi connectivity index (χ4n) is 1.86. The molecule has 0 aliphatic heterocycles. The number of anilines is 1. The fraction of sp³-hybridized carbons (Fsp3) is 0.417. The molecule has 0 bridgehead atoms. The molecule has 0 amide bonds. The van der Waals surface area contributed by atoms with Crippen molar-refractivity contribution < 1.29 is 15.0 Å². The van der Waals surface area contributed by atoms with Crippen LogP contribution in [0.4, 0.5) is 5.82 Å². The van der Waals surface area contributed by atoms with Gasteiger partial charge in [-0.1, -0.05) is 0 Å². The quantitative estimate of drug-likeness (QED) is 0.883. The minimum atomic E-state index is -0.954. The van der Waals surface area contributed by atoms with Gasteiger partial charge in [0.15, 0.2) is 0 Å². The first-order valence-electron chi connectivity index (χ1n) is 5.78. The van der Waals surface area contributed by atoms with Crippen LogP contribution >= 0.6 is 11.3 Å². The Labute approximate surface area is 114 Å². The van der Waals surface area contributed by atoms with Gasteiger partial charge in [0, 0.05) is 7.05 Å². The molecule has 6 nitrogen and oxygen atoms in total. The van der Waals surface area contributed by atoms with Gasteiger partial charge in [-0.15, -0.1) is 11.3 Å². The van der Waals surface area contributed by atoms with Crippen LogP contribution in [-0.4, -0.2) is 45.8 Å². The standard InChI is InChI=1S/C12H15N3O3S/c1-6(4-16)15(3)10-8-7(2)9(12(17)18)19-11(8)14-5-13-10/h5-6,16H,4H2,1-3H3,(H,17,18). The maximum atomic E-state index is 11.2. The number of carbonyl (C=O) groups is 1. The lowest BCUT2D eigenvalue weighted by Gasteiger charge is -2.24. The SMILES string of the molecule is Cc1c(C(=O)O)sc2ncnc(N(C)C(C)CO)c12. The molecule has 2 aromatic heterocycles. The van der Waals surface area contributed by atoms with Crippen molar-refractivity contribution in [2.75, 3.05) is 18.6 Å². The van der Waals surface area contributed by atoms with Crippen molar-refractivity contribution in [1.29, 1.82) is 0 Å². The summed E-state index contributed by atoms with van der Waals surface area (Å²) in [4.78, 5) is 22.3. The maximum Gasteiger partial charge on any atom is 0.346 e. The van der Waals surface area contributed by atoms with Crippen molar-refractivity contribution in [3.63, 3.8) is 0 Å². The van der Waals surface area contributed by atoms with Crippen molar-refractivity contribution in [1.82, 2.24) is 9.97 Å². The summed E-state index contributed by atoms with van der Waals surface area (Å²) in [5.41, 5.74) is 0.667. The Hall–Kier alpha value is -1.73. The minimum Gasteiger partial charge on any atom is -0.477 e. The molecule has 102 valence electrons. The van der Waals surface area contributed by atoms with Gasteiger partial charge in [0.1, 0.15) is 21.9 Å². The molecule has 0 aliphatic carbocycles. The first kappa shape index (κ1) is 13.7. The van der Waals surface area contributed by atoms with Crippen molar-refractivity contribution in [2.24, 2.45) is 0 Å². The summed E-state index contributed by atoms with van der Waals surface area (Å²) in [6, 6.07) is -0.106. The molecule has 2 rings (SSSR count). The third-order valence-electron chi connectivity index (χ3n) is 3.16. The molecule has 2 aromatic rings. The third kappa shape index (κ3) is 2.26. The normalized spacial score (nSPS) is 12.6. The van der Waals surface area contributed by atoms with Crippen LogP contribution in [0.25, 0.3) is 10.2 Å². The Morgan fingerprint density at radius 3 is 2.79 bits per heavy atom. The average Bonchev–Trinajstić information content (AvgIpc) is 2.74. The van der Waals surface area contributed by atoms with Crippen LogP contribution in [0, 0.1) is 6.92 Å². The number of likely N-dealkylation sites (N-methyl/N-ethyl adjacent to an activating group) is 1. The summed E-state index contributed by atoms with van der Waals surface area (Å²) in [7, 11) is 1.82. The molecule has 0 spiro atoms. The number of aromatic carboxylic acids is 1. The van der Waals surface area contributed by atoms with Gasteiger partial charge in [0.25, 0.3) is 0 Å². The van der Waals surface area contributed by atoms with Gasteiger partial charge in [-0.25, -0.2) is 14.8 Å². The number of thiophene rings is 1. The molecule has 0 aromatic carbocycles. The summed E-state index contributed by atoms with van der Waals surface area (Å²) < 4.78 is 0. The molecule has 7 heteroatoms. The van der Waals surface area contributed by atoms with Crippen LogP contribution in [0.15, 0.2) is 6.33 Å². The lowest BCUT2D eigenvalue weighted by Crippen LogP contribution is -2.32. The molecule has 2 heterocycles. The lowest BCUT2D eigenvalue weighted by atomic mass is 10.2. The highest BCUT2D eigenvalue weighted by Gasteiger charge is 2.21. The number of hydrogen-bond acceptors (Lipinski definition) is 6. The molecular weight excluding hydrogens is 266 g/mol. The monoisotopic (exact) mass is 281 g/mol. The zero-order chi connectivity index (χ0) is 14.2. The van der Waals surface area contributed by atoms with Gasteiger partial charge in [-0.3, -0.25) is 0 Å². The highest BCUT2D eigenvalue weighted by Crippen LogP contribution is 2.34. The van der Waals surface area contributed by atoms with E-state index in [1.54, 1.807) is 6.92 Å². The number of aromatic nitrogens is 2. The molecular formula is C12H15N3O3S. The summed E-state index contributed by atoms with van der Waals surface area (Å²) in [6.07, 6.45) is 1.42. The Bertz CT molecular complexity index is 626. The second-order valence-corrected chi connectivity index (χ2v) is 5.38. The zero-order valence-corrected chi connectivity index (χ0v) is 11.7. The Balaban J connectivity index is 2.66. The van der Waals surface area contributed by atoms with Crippen molar-refractivity contribution in [2.45, 2.75) is 19.9 Å². The van der Waals surface area contributed by atoms with Gasteiger partial charge in [0.05, 0.1) is 18.0 Å². The second kappa shape index (κ2) is 5.10. The topological polar surface area (TPSA) is 86.5 Å². The summed E-state index contributed by atoms with van der Waals surface area (Å²) in [6.45, 7) is 3.62. The van der Waals surface area contributed by atoms with E-state index < -0.39 is 5.97 Å². The van der Waals surface area contributed by atoms with Gasteiger partial charge in [0.2, 0.25) is 0 Å². The minimum absolute atomic E-state index is 0.00301. The van der Waals surface area contributed by atoms with Crippen molar-refractivity contribution >= 4 is 33.3 Å². The number of hydrogen-bond donors (Lipinski definition) is 2. The van der Waals surface area contributed by atoms with E-state index >= 15 is 0 Å². The Kier molecular flexibility index (Phi) is 3.68. The van der Waals surface area contributed by atoms with Crippen LogP contribution in [0.5, 0.6) is 0 Å². The summed E-state index contributed by atoms with van der Waals surface area (Å²) >= 11 is 1.14. The molecule has 0 fully saturated rings. The Morgan fingerprint density at radius 1 is 1.53 bits per heavy atom. The van der Waals surface area contributed by atoms with Crippen LogP contribution in [0.1, 0.15) is 22.2 Å². The van der Waals surface area contributed by atoms with E-state index in [2.05, 4.69) is 9.97 Å². The van der Waals surface area contributed by atoms with E-state index in [9.17, 15) is 9.90 Å². The number of aliphatic hydroxyl groups is 1. The van der Waals surface area contributed by atoms with E-state index in [0.29, 0.717) is 16.2 Å². The largest absolute Gasteiger partial charge is 0.477 e. The average molecular weight is 281 g/mol. The number of fused-ring (bicyclic) bond motifs is 1. The Morgan fingerprint density at radius 2 is 2.21 bits per heavy atom. The predicted molar refractivity (Wildman–Crippen MR) is 74.1 cm³/mol. The highest BCUT2D eigenvalue weighted by molar-refractivity contribution is 7.20. The van der Waals surface area contributed by atoms with Crippen LogP contribution in [0.2, 0.25) is 0 Å². The zero-order valence-electron chi connectivity index (χ0n) is 10.9. The first-order valence-corrected chi connectivity index (χ1v) is 6.60. The molecule has 0 aliphatic rings. The summed E-state index contributed by atoms with van der Waals surface area (Å²) in [5.74, 6) is -0.308. The van der Waals surface area contributed by atoms with Gasteiger partial charge in [-0.05, 0) is 19.4 Å². The number of aryl methyl sites for hydroxylation is 1. The van der Waals surface area contributed by atoms with Gasteiger partial charge < -0.3 is 15.1 Å². The molecule has 0 saturated heterocycles. The van der Waals surface area contributed by atoms with E-state index in [1.165, 1.54) is 6.33 Å². The highest BCUT2D eigenvalue weighted by atomic mass is 32.1. The van der Waals surface area contributed by atoms with Crippen LogP contribution < -0.4 is 4.90 Å². The molecule has 0 radical (unpaired) electrons. The van der Waals surface area contributed by atoms with Crippen molar-refractivity contribution in [3.8, 4) is 0 Å². The number of carboxylic acids is 1. The third-order valence-corrected chi connectivity index (χ3v) is 4.35. The van der Waals surface area contributed by atoms with E-state index in [0.717, 1.165) is 16.7 Å². The summed E-state index contributed by atoms with van der Waals surface area (Å²) in [5, 5.41) is 19.1. The number of rotatable bonds is 4. The van der Waals surface area contributed by atoms with Gasteiger partial charge >= 0.3 is 5.97 Å². The molecule has 1 atom stereocenters. The molecule has 2 N–H and O–H groups in total. The first-order chi connectivity index (χ1) is 8.97. The van der Waals surface area contributed by atoms with E-state index in [4.69, 9.17) is 5.11 Å². The van der Waals surface area contributed by atoms with Crippen LogP contribution in [-0.2, 0) is 0 Å². The maximum absolute atomic E-state index is 11.2. The molecule has 0 saturated carbocycles. The smallest absolute Gasteiger partial charge is 0.346 e. The second-order valence-electron chi connectivity index (χ2n) is 4.38. The van der Waals surface area contributed by atoms with Gasteiger partial charge in [-0.2, -0.15) is 0 Å². The van der Waals surface area contributed by atoms with Crippen molar-refractivity contribution in [3.05, 3.63) is 16.8 Å². The fourth-order valence-corrected chi connectivity index (χ4v) is 2.84.